The molecule has 0 radical (unpaired) electrons. The lowest BCUT2D eigenvalue weighted by Gasteiger charge is -2.37. The summed E-state index contributed by atoms with van der Waals surface area (Å²) >= 11 is 0. The van der Waals surface area contributed by atoms with Crippen molar-refractivity contribution in [1.29, 1.82) is 0 Å². The van der Waals surface area contributed by atoms with Crippen molar-refractivity contribution in [2.24, 2.45) is 0 Å². The molecular formula is C26H30N4O4. The number of hydrogen-bond acceptors (Lipinski definition) is 5. The first-order valence-electron chi connectivity index (χ1n) is 11.9. The average Bonchev–Trinajstić information content (AvgIpc) is 3.48. The Morgan fingerprint density at radius 1 is 1.15 bits per heavy atom. The van der Waals surface area contributed by atoms with Crippen LogP contribution in [0, 0.1) is 0 Å². The molecule has 0 saturated carbocycles. The molecule has 3 heterocycles. The fraction of sp³-hybridized carbons (Fsp3) is 0.423. The van der Waals surface area contributed by atoms with Gasteiger partial charge in [-0.25, -0.2) is 0 Å². The van der Waals surface area contributed by atoms with Crippen molar-refractivity contribution in [3.63, 3.8) is 0 Å². The second-order valence-corrected chi connectivity index (χ2v) is 9.21. The summed E-state index contributed by atoms with van der Waals surface area (Å²) in [6.07, 6.45) is 2.57. The average molecular weight is 463 g/mol. The van der Waals surface area contributed by atoms with E-state index in [-0.39, 0.29) is 35.8 Å². The predicted octanol–water partition coefficient (Wildman–Crippen LogP) is 1.74. The van der Waals surface area contributed by atoms with E-state index in [9.17, 15) is 14.4 Å². The van der Waals surface area contributed by atoms with Crippen LogP contribution in [-0.4, -0.2) is 67.5 Å². The molecule has 8 heteroatoms. The Kier molecular flexibility index (Phi) is 6.24. The molecule has 2 fully saturated rings. The van der Waals surface area contributed by atoms with E-state index in [1.54, 1.807) is 31.4 Å². The van der Waals surface area contributed by atoms with E-state index >= 15 is 0 Å². The molecular weight excluding hydrogens is 432 g/mol. The lowest BCUT2D eigenvalue weighted by Crippen LogP contribution is -2.58. The van der Waals surface area contributed by atoms with Gasteiger partial charge in [0.1, 0.15) is 5.75 Å². The molecule has 34 heavy (non-hydrogen) atoms. The van der Waals surface area contributed by atoms with Gasteiger partial charge in [-0.15, -0.1) is 0 Å². The number of methoxy groups -OCH3 is 1. The zero-order valence-electron chi connectivity index (χ0n) is 19.3. The quantitative estimate of drug-likeness (QED) is 0.683. The van der Waals surface area contributed by atoms with E-state index in [1.807, 2.05) is 23.1 Å². The number of fused-ring (bicyclic) bond motifs is 2. The molecule has 0 bridgehead atoms. The van der Waals surface area contributed by atoms with Crippen LogP contribution < -0.4 is 20.3 Å². The molecule has 2 aromatic rings. The molecule has 5 rings (SSSR count). The van der Waals surface area contributed by atoms with Crippen LogP contribution in [0.5, 0.6) is 5.75 Å². The van der Waals surface area contributed by atoms with Crippen molar-refractivity contribution in [2.45, 2.75) is 43.8 Å². The molecule has 178 valence electrons. The summed E-state index contributed by atoms with van der Waals surface area (Å²) in [6, 6.07) is 14.7. The van der Waals surface area contributed by atoms with E-state index in [0.717, 1.165) is 18.7 Å². The normalized spacial score (nSPS) is 23.7. The number of benzene rings is 2. The second kappa shape index (κ2) is 9.46. The molecule has 3 aliphatic heterocycles. The minimum Gasteiger partial charge on any atom is -0.497 e. The molecule has 3 aliphatic rings. The molecule has 2 saturated heterocycles. The number of nitrogens with zero attached hydrogens (tertiary/aromatic N) is 2. The highest BCUT2D eigenvalue weighted by molar-refractivity contribution is 5.96. The van der Waals surface area contributed by atoms with E-state index in [4.69, 9.17) is 4.74 Å². The van der Waals surface area contributed by atoms with Crippen LogP contribution in [-0.2, 0) is 16.0 Å². The zero-order chi connectivity index (χ0) is 23.7. The molecule has 0 aromatic heterocycles. The Labute approximate surface area is 199 Å². The first-order chi connectivity index (χ1) is 16.5. The molecule has 8 nitrogen and oxygen atoms in total. The zero-order valence-corrected chi connectivity index (χ0v) is 19.3. The summed E-state index contributed by atoms with van der Waals surface area (Å²) in [7, 11) is 1.59. The van der Waals surface area contributed by atoms with Crippen LogP contribution in [0.1, 0.15) is 35.2 Å². The third kappa shape index (κ3) is 4.37. The van der Waals surface area contributed by atoms with Gasteiger partial charge in [-0.2, -0.15) is 0 Å². The summed E-state index contributed by atoms with van der Waals surface area (Å²) in [6.45, 7) is 1.86. The highest BCUT2D eigenvalue weighted by atomic mass is 16.5. The smallest absolute Gasteiger partial charge is 0.251 e. The molecule has 3 atom stereocenters. The number of hydrogen-bond donors (Lipinski definition) is 2. The SMILES string of the molecule is COc1ccc(C(=O)N[C@@H]2C[C@H]3C(=O)NC[C@@H](CCC(=O)N4CCc5ccccc54)N3C2)cc1. The van der Waals surface area contributed by atoms with Crippen LogP contribution in [0.4, 0.5) is 5.69 Å². The van der Waals surface area contributed by atoms with Crippen molar-refractivity contribution in [3.05, 3.63) is 59.7 Å². The highest BCUT2D eigenvalue weighted by Crippen LogP contribution is 2.30. The van der Waals surface area contributed by atoms with Crippen LogP contribution in [0.3, 0.4) is 0 Å². The van der Waals surface area contributed by atoms with Crippen molar-refractivity contribution in [2.75, 3.05) is 31.6 Å². The molecule has 0 spiro atoms. The molecule has 3 amide bonds. The Morgan fingerprint density at radius 3 is 2.74 bits per heavy atom. The maximum absolute atomic E-state index is 13.0. The van der Waals surface area contributed by atoms with Crippen LogP contribution >= 0.6 is 0 Å². The number of piperazine rings is 1. The second-order valence-electron chi connectivity index (χ2n) is 9.21. The minimum atomic E-state index is -0.275. The lowest BCUT2D eigenvalue weighted by molar-refractivity contribution is -0.129. The summed E-state index contributed by atoms with van der Waals surface area (Å²) in [5.74, 6) is 0.660. The van der Waals surface area contributed by atoms with Gasteiger partial charge < -0.3 is 20.3 Å². The van der Waals surface area contributed by atoms with Gasteiger partial charge in [0.2, 0.25) is 11.8 Å². The van der Waals surface area contributed by atoms with Crippen LogP contribution in [0.2, 0.25) is 0 Å². The molecule has 0 aliphatic carbocycles. The third-order valence-corrected chi connectivity index (χ3v) is 7.19. The van der Waals surface area contributed by atoms with Crippen LogP contribution in [0.25, 0.3) is 0 Å². The minimum absolute atomic E-state index is 0.00255. The summed E-state index contributed by atoms with van der Waals surface area (Å²) in [5.41, 5.74) is 2.80. The standard InChI is InChI=1S/C26H30N4O4/c1-34-21-9-6-18(7-10-21)25(32)28-19-14-23-26(33)27-15-20(30(23)16-19)8-11-24(31)29-13-12-17-4-2-3-5-22(17)29/h2-7,9-10,19-20,23H,8,11-16H2,1H3,(H,27,33)(H,28,32)/t19-,20-,23+/m1/s1. The van der Waals surface area contributed by atoms with Gasteiger partial charge in [0.25, 0.3) is 5.91 Å². The van der Waals surface area contributed by atoms with E-state index in [0.29, 0.717) is 43.7 Å². The van der Waals surface area contributed by atoms with Gasteiger partial charge in [-0.1, -0.05) is 18.2 Å². The summed E-state index contributed by atoms with van der Waals surface area (Å²) in [5, 5.41) is 6.07. The Bertz CT molecular complexity index is 1090. The first kappa shape index (κ1) is 22.4. The number of ether oxygens (including phenoxy) is 1. The van der Waals surface area contributed by atoms with Gasteiger partial charge in [0.15, 0.2) is 0 Å². The topological polar surface area (TPSA) is 91.0 Å². The maximum atomic E-state index is 13.0. The summed E-state index contributed by atoms with van der Waals surface area (Å²) in [4.78, 5) is 42.3. The predicted molar refractivity (Wildman–Crippen MR) is 128 cm³/mol. The molecule has 2 aromatic carbocycles. The Balaban J connectivity index is 1.19. The largest absolute Gasteiger partial charge is 0.497 e. The van der Waals surface area contributed by atoms with Gasteiger partial charge >= 0.3 is 0 Å². The monoisotopic (exact) mass is 462 g/mol. The number of para-hydroxylation sites is 1. The highest BCUT2D eigenvalue weighted by Gasteiger charge is 2.44. The maximum Gasteiger partial charge on any atom is 0.251 e. The van der Waals surface area contributed by atoms with Gasteiger partial charge in [-0.05, 0) is 55.2 Å². The molecule has 0 unspecified atom stereocenters. The fourth-order valence-corrected chi connectivity index (χ4v) is 5.38. The third-order valence-electron chi connectivity index (χ3n) is 7.19. The van der Waals surface area contributed by atoms with Gasteiger partial charge in [0, 0.05) is 49.4 Å². The Morgan fingerprint density at radius 2 is 1.94 bits per heavy atom. The van der Waals surface area contributed by atoms with Crippen molar-refractivity contribution >= 4 is 23.4 Å². The lowest BCUT2D eigenvalue weighted by atomic mass is 10.0. The number of rotatable bonds is 6. The van der Waals surface area contributed by atoms with Crippen molar-refractivity contribution < 1.29 is 19.1 Å². The van der Waals surface area contributed by atoms with Crippen LogP contribution in [0.15, 0.2) is 48.5 Å². The Hall–Kier alpha value is -3.39. The number of amides is 3. The van der Waals surface area contributed by atoms with Gasteiger partial charge in [-0.3, -0.25) is 19.3 Å². The number of anilines is 1. The van der Waals surface area contributed by atoms with Crippen molar-refractivity contribution in [3.8, 4) is 5.75 Å². The first-order valence-corrected chi connectivity index (χ1v) is 11.9. The van der Waals surface area contributed by atoms with Gasteiger partial charge in [0.05, 0.1) is 13.2 Å². The number of nitrogens with one attached hydrogen (secondary N) is 2. The summed E-state index contributed by atoms with van der Waals surface area (Å²) < 4.78 is 5.15. The van der Waals surface area contributed by atoms with E-state index in [2.05, 4.69) is 21.6 Å². The van der Waals surface area contributed by atoms with Crippen molar-refractivity contribution in [1.82, 2.24) is 15.5 Å². The number of carbonyl (C=O) groups is 3. The fourth-order valence-electron chi connectivity index (χ4n) is 5.38. The number of carbonyl (C=O) groups excluding carboxylic acids is 3. The van der Waals surface area contributed by atoms with E-state index < -0.39 is 0 Å². The van der Waals surface area contributed by atoms with E-state index in [1.165, 1.54) is 5.56 Å². The molecule has 2 N–H and O–H groups in total.